The highest BCUT2D eigenvalue weighted by Crippen LogP contribution is 2.19. The molecule has 1 rings (SSSR count). The zero-order valence-corrected chi connectivity index (χ0v) is 12.4. The van der Waals surface area contributed by atoms with Gasteiger partial charge in [0.05, 0.1) is 11.0 Å². The Kier molecular flexibility index (Phi) is 6.17. The number of hydrogen-bond acceptors (Lipinski definition) is 5. The summed E-state index contributed by atoms with van der Waals surface area (Å²) < 4.78 is 0. The Bertz CT molecular complexity index is 482. The molecule has 1 aromatic rings. The number of anilines is 1. The summed E-state index contributed by atoms with van der Waals surface area (Å²) >= 11 is 11.1. The normalized spacial score (nSPS) is 11.8. The lowest BCUT2D eigenvalue weighted by atomic mass is 10.2. The summed E-state index contributed by atoms with van der Waals surface area (Å²) in [6.07, 6.45) is 0. The van der Waals surface area contributed by atoms with E-state index in [-0.39, 0.29) is 6.04 Å². The number of hydroxylamine groups is 1. The Morgan fingerprint density at radius 3 is 2.74 bits per heavy atom. The Labute approximate surface area is 122 Å². The second-order valence-corrected chi connectivity index (χ2v) is 4.82. The molecule has 0 radical (unpaired) electrons. The molecule has 104 valence electrons. The Morgan fingerprint density at radius 1 is 1.47 bits per heavy atom. The Hall–Kier alpha value is -1.21. The number of aryl methyl sites for hydroxylation is 1. The molecular formula is C12H15ClN2O3S. The van der Waals surface area contributed by atoms with E-state index in [9.17, 15) is 4.79 Å². The van der Waals surface area contributed by atoms with Gasteiger partial charge in [0, 0.05) is 17.6 Å². The van der Waals surface area contributed by atoms with Crippen LogP contribution in [0, 0.1) is 6.92 Å². The summed E-state index contributed by atoms with van der Waals surface area (Å²) in [4.78, 5) is 19.8. The summed E-state index contributed by atoms with van der Waals surface area (Å²) in [5.41, 5.74) is 4.32. The van der Waals surface area contributed by atoms with Crippen molar-refractivity contribution in [2.24, 2.45) is 0 Å². The number of hydrogen-bond donors (Lipinski definition) is 2. The molecule has 0 heterocycles. The highest BCUT2D eigenvalue weighted by molar-refractivity contribution is 7.80. The van der Waals surface area contributed by atoms with Gasteiger partial charge in [-0.3, -0.25) is 4.89 Å². The van der Waals surface area contributed by atoms with Crippen LogP contribution in [0.5, 0.6) is 0 Å². The van der Waals surface area contributed by atoms with Crippen LogP contribution in [0.25, 0.3) is 0 Å². The highest BCUT2D eigenvalue weighted by Gasteiger charge is 2.11. The number of benzene rings is 1. The van der Waals surface area contributed by atoms with Crippen molar-refractivity contribution in [2.75, 3.05) is 5.32 Å². The molecule has 0 bridgehead atoms. The van der Waals surface area contributed by atoms with E-state index >= 15 is 0 Å². The van der Waals surface area contributed by atoms with E-state index in [0.29, 0.717) is 10.0 Å². The topological polar surface area (TPSA) is 59.6 Å². The highest BCUT2D eigenvalue weighted by atomic mass is 35.5. The van der Waals surface area contributed by atoms with Crippen molar-refractivity contribution in [2.45, 2.75) is 26.8 Å². The predicted octanol–water partition coefficient (Wildman–Crippen LogP) is 2.78. The van der Waals surface area contributed by atoms with E-state index in [1.807, 2.05) is 19.1 Å². The fraction of sp³-hybridized carbons (Fsp3) is 0.333. The fourth-order valence-corrected chi connectivity index (χ4v) is 1.60. The van der Waals surface area contributed by atoms with Crippen molar-refractivity contribution >= 4 is 40.5 Å². The van der Waals surface area contributed by atoms with Gasteiger partial charge in [0.2, 0.25) is 0 Å². The summed E-state index contributed by atoms with van der Waals surface area (Å²) in [5.74, 6) is -0.549. The predicted molar refractivity (Wildman–Crippen MR) is 77.9 cm³/mol. The van der Waals surface area contributed by atoms with Crippen molar-refractivity contribution in [1.82, 2.24) is 5.48 Å². The zero-order chi connectivity index (χ0) is 14.4. The van der Waals surface area contributed by atoms with Gasteiger partial charge in [0.15, 0.2) is 0 Å². The van der Waals surface area contributed by atoms with Crippen LogP contribution in [0.4, 0.5) is 5.69 Å². The molecule has 0 saturated heterocycles. The third kappa shape index (κ3) is 5.52. The van der Waals surface area contributed by atoms with Crippen molar-refractivity contribution < 1.29 is 14.7 Å². The minimum Gasteiger partial charge on any atom is -0.348 e. The molecule has 7 heteroatoms. The third-order valence-electron chi connectivity index (χ3n) is 2.22. The number of halogens is 1. The molecule has 1 unspecified atom stereocenters. The standard InChI is InChI=1S/C12H15ClN2O3S/c1-7-6-10(13)4-5-11(7)14-12(19)8(2)15-18-17-9(3)16/h4-6,8,15H,1-3H3,(H,14,19). The average Bonchev–Trinajstić information content (AvgIpc) is 2.32. The molecule has 0 aliphatic rings. The first kappa shape index (κ1) is 15.8. The van der Waals surface area contributed by atoms with E-state index in [1.54, 1.807) is 13.0 Å². The Balaban J connectivity index is 2.51. The van der Waals surface area contributed by atoms with Crippen molar-refractivity contribution in [3.8, 4) is 0 Å². The van der Waals surface area contributed by atoms with Gasteiger partial charge in [-0.05, 0) is 37.6 Å². The maximum atomic E-state index is 10.5. The largest absolute Gasteiger partial charge is 0.348 e. The van der Waals surface area contributed by atoms with E-state index in [2.05, 4.69) is 20.7 Å². The summed E-state index contributed by atoms with van der Waals surface area (Å²) in [6, 6.07) is 5.11. The number of nitrogens with one attached hydrogen (secondary N) is 2. The van der Waals surface area contributed by atoms with Gasteiger partial charge in [-0.2, -0.15) is 0 Å². The molecule has 0 fully saturated rings. The van der Waals surface area contributed by atoms with Gasteiger partial charge in [0.25, 0.3) is 0 Å². The Morgan fingerprint density at radius 2 is 2.16 bits per heavy atom. The number of carbonyl (C=O) groups excluding carboxylic acids is 1. The minimum atomic E-state index is -0.549. The van der Waals surface area contributed by atoms with Crippen molar-refractivity contribution in [3.63, 3.8) is 0 Å². The molecule has 1 aromatic carbocycles. The van der Waals surface area contributed by atoms with E-state index in [4.69, 9.17) is 23.8 Å². The quantitative estimate of drug-likeness (QED) is 0.495. The van der Waals surface area contributed by atoms with Gasteiger partial charge >= 0.3 is 5.97 Å². The maximum Gasteiger partial charge on any atom is 0.341 e. The SMILES string of the molecule is CC(=O)OONC(C)C(=S)Nc1ccc(Cl)cc1C. The van der Waals surface area contributed by atoms with Crippen LogP contribution in [0.1, 0.15) is 19.4 Å². The number of rotatable bonds is 5. The lowest BCUT2D eigenvalue weighted by Crippen LogP contribution is -2.37. The summed E-state index contributed by atoms with van der Waals surface area (Å²) in [5, 5.41) is 3.73. The fourth-order valence-electron chi connectivity index (χ4n) is 1.22. The molecule has 2 N–H and O–H groups in total. The van der Waals surface area contributed by atoms with Crippen LogP contribution < -0.4 is 10.8 Å². The van der Waals surface area contributed by atoms with E-state index < -0.39 is 5.97 Å². The minimum absolute atomic E-state index is 0.329. The van der Waals surface area contributed by atoms with Crippen molar-refractivity contribution in [3.05, 3.63) is 28.8 Å². The first-order valence-corrected chi connectivity index (χ1v) is 6.35. The third-order valence-corrected chi connectivity index (χ3v) is 2.91. The summed E-state index contributed by atoms with van der Waals surface area (Å²) in [6.45, 7) is 4.92. The molecular weight excluding hydrogens is 288 g/mol. The zero-order valence-electron chi connectivity index (χ0n) is 10.8. The lowest BCUT2D eigenvalue weighted by Gasteiger charge is -2.16. The van der Waals surface area contributed by atoms with Crippen LogP contribution in [-0.2, 0) is 14.7 Å². The van der Waals surface area contributed by atoms with Gasteiger partial charge in [-0.15, -0.1) is 5.48 Å². The molecule has 0 aliphatic carbocycles. The maximum absolute atomic E-state index is 10.5. The second-order valence-electron chi connectivity index (χ2n) is 3.95. The number of thiocarbonyl (C=S) groups is 1. The molecule has 0 spiro atoms. The molecule has 0 saturated carbocycles. The smallest absolute Gasteiger partial charge is 0.341 e. The van der Waals surface area contributed by atoms with Crippen molar-refractivity contribution in [1.29, 1.82) is 0 Å². The second kappa shape index (κ2) is 7.40. The van der Waals surface area contributed by atoms with Crippen LogP contribution in [0.3, 0.4) is 0 Å². The van der Waals surface area contributed by atoms with E-state index in [0.717, 1.165) is 11.3 Å². The molecule has 0 aromatic heterocycles. The number of carbonyl (C=O) groups is 1. The molecule has 19 heavy (non-hydrogen) atoms. The van der Waals surface area contributed by atoms with E-state index in [1.165, 1.54) is 6.92 Å². The van der Waals surface area contributed by atoms with Gasteiger partial charge < -0.3 is 5.32 Å². The molecule has 0 amide bonds. The monoisotopic (exact) mass is 302 g/mol. The first-order valence-electron chi connectivity index (χ1n) is 5.56. The average molecular weight is 303 g/mol. The lowest BCUT2D eigenvalue weighted by molar-refractivity contribution is -0.308. The van der Waals surface area contributed by atoms with Gasteiger partial charge in [-0.1, -0.05) is 28.8 Å². The van der Waals surface area contributed by atoms with Crippen LogP contribution >= 0.6 is 23.8 Å². The first-order chi connectivity index (χ1) is 8.90. The van der Waals surface area contributed by atoms with Crippen LogP contribution in [0.15, 0.2) is 18.2 Å². The van der Waals surface area contributed by atoms with Crippen LogP contribution in [-0.4, -0.2) is 17.0 Å². The van der Waals surface area contributed by atoms with Gasteiger partial charge in [0.1, 0.15) is 0 Å². The van der Waals surface area contributed by atoms with Gasteiger partial charge in [-0.25, -0.2) is 4.79 Å². The summed E-state index contributed by atoms with van der Waals surface area (Å²) in [7, 11) is 0. The molecule has 0 aliphatic heterocycles. The molecule has 1 atom stereocenters. The molecule has 5 nitrogen and oxygen atoms in total. The van der Waals surface area contributed by atoms with Crippen LogP contribution in [0.2, 0.25) is 5.02 Å².